The van der Waals surface area contributed by atoms with E-state index in [0.717, 1.165) is 0 Å². The van der Waals surface area contributed by atoms with Gasteiger partial charge in [-0.05, 0) is 12.1 Å². The lowest BCUT2D eigenvalue weighted by atomic mass is 10.1. The molecule has 0 aliphatic rings. The van der Waals surface area contributed by atoms with Crippen molar-refractivity contribution in [3.8, 4) is 0 Å². The zero-order chi connectivity index (χ0) is 13.0. The van der Waals surface area contributed by atoms with Gasteiger partial charge in [0, 0.05) is 22.4 Å². The molecule has 0 aliphatic heterocycles. The third kappa shape index (κ3) is 2.87. The lowest BCUT2D eigenvalue weighted by molar-refractivity contribution is 0.0888. The van der Waals surface area contributed by atoms with Gasteiger partial charge in [0.15, 0.2) is 11.6 Å². The predicted octanol–water partition coefficient (Wildman–Crippen LogP) is 2.69. The largest absolute Gasteiger partial charge is 0.294 e. The number of hydrogen-bond donors (Lipinski definition) is 0. The molecule has 0 bridgehead atoms. The SMILES string of the molecule is O=C(CC(=O)c1ccccc1Br)c1ncccn1. The summed E-state index contributed by atoms with van der Waals surface area (Å²) in [5, 5.41) is 0. The lowest BCUT2D eigenvalue weighted by Crippen LogP contribution is -2.11. The molecule has 0 radical (unpaired) electrons. The van der Waals surface area contributed by atoms with Crippen molar-refractivity contribution in [2.24, 2.45) is 0 Å². The summed E-state index contributed by atoms with van der Waals surface area (Å²) in [6.45, 7) is 0. The van der Waals surface area contributed by atoms with E-state index in [-0.39, 0.29) is 23.8 Å². The molecule has 1 aromatic carbocycles. The van der Waals surface area contributed by atoms with Crippen LogP contribution in [0.5, 0.6) is 0 Å². The molecule has 18 heavy (non-hydrogen) atoms. The third-order valence-corrected chi connectivity index (χ3v) is 3.00. The maximum absolute atomic E-state index is 11.9. The van der Waals surface area contributed by atoms with Gasteiger partial charge in [0.1, 0.15) is 0 Å². The number of rotatable bonds is 4. The van der Waals surface area contributed by atoms with Gasteiger partial charge in [-0.3, -0.25) is 9.59 Å². The van der Waals surface area contributed by atoms with E-state index in [1.165, 1.54) is 12.4 Å². The van der Waals surface area contributed by atoms with Gasteiger partial charge in [0.05, 0.1) is 6.42 Å². The van der Waals surface area contributed by atoms with Crippen molar-refractivity contribution < 1.29 is 9.59 Å². The lowest BCUT2D eigenvalue weighted by Gasteiger charge is -2.02. The second-order valence-electron chi connectivity index (χ2n) is 3.58. The summed E-state index contributed by atoms with van der Waals surface area (Å²) >= 11 is 3.28. The van der Waals surface area contributed by atoms with Crippen molar-refractivity contribution in [1.29, 1.82) is 0 Å². The summed E-state index contributed by atoms with van der Waals surface area (Å²) in [5.41, 5.74) is 0.488. The zero-order valence-electron chi connectivity index (χ0n) is 9.34. The standard InChI is InChI=1S/C13H9BrN2O2/c14-10-5-2-1-4-9(10)11(17)8-12(18)13-15-6-3-7-16-13/h1-7H,8H2. The van der Waals surface area contributed by atoms with Crippen LogP contribution >= 0.6 is 15.9 Å². The Balaban J connectivity index is 2.14. The van der Waals surface area contributed by atoms with Gasteiger partial charge < -0.3 is 0 Å². The Hall–Kier alpha value is -1.88. The number of hydrogen-bond acceptors (Lipinski definition) is 4. The molecule has 2 aromatic rings. The van der Waals surface area contributed by atoms with Crippen LogP contribution in [0.25, 0.3) is 0 Å². The van der Waals surface area contributed by atoms with Crippen molar-refractivity contribution >= 4 is 27.5 Å². The van der Waals surface area contributed by atoms with Crippen molar-refractivity contribution in [3.05, 3.63) is 58.6 Å². The van der Waals surface area contributed by atoms with Crippen LogP contribution in [0.4, 0.5) is 0 Å². The average molecular weight is 305 g/mol. The van der Waals surface area contributed by atoms with Crippen LogP contribution in [0, 0.1) is 0 Å². The van der Waals surface area contributed by atoms with Crippen LogP contribution in [-0.4, -0.2) is 21.5 Å². The number of Topliss-reactive ketones (excluding diaryl/α,β-unsaturated/α-hetero) is 2. The first-order valence-corrected chi connectivity index (χ1v) is 6.05. The maximum atomic E-state index is 11.9. The summed E-state index contributed by atoms with van der Waals surface area (Å²) in [4.78, 5) is 31.4. The summed E-state index contributed by atoms with van der Waals surface area (Å²) in [6.07, 6.45) is 2.72. The van der Waals surface area contributed by atoms with E-state index in [2.05, 4.69) is 25.9 Å². The number of ketones is 2. The number of aromatic nitrogens is 2. The monoisotopic (exact) mass is 304 g/mol. The summed E-state index contributed by atoms with van der Waals surface area (Å²) in [6, 6.07) is 8.61. The van der Waals surface area contributed by atoms with Gasteiger partial charge in [0.25, 0.3) is 0 Å². The molecule has 1 aromatic heterocycles. The molecule has 4 nitrogen and oxygen atoms in total. The molecule has 90 valence electrons. The highest BCUT2D eigenvalue weighted by atomic mass is 79.9. The van der Waals surface area contributed by atoms with Crippen LogP contribution in [0.2, 0.25) is 0 Å². The smallest absolute Gasteiger partial charge is 0.207 e. The van der Waals surface area contributed by atoms with E-state index < -0.39 is 0 Å². The van der Waals surface area contributed by atoms with Crippen molar-refractivity contribution in [2.75, 3.05) is 0 Å². The fourth-order valence-electron chi connectivity index (χ4n) is 1.45. The fraction of sp³-hybridized carbons (Fsp3) is 0.0769. The molecule has 2 rings (SSSR count). The van der Waals surface area contributed by atoms with Gasteiger partial charge in [-0.15, -0.1) is 0 Å². The normalized spacial score (nSPS) is 10.1. The Morgan fingerprint density at radius 3 is 2.33 bits per heavy atom. The molecule has 0 saturated heterocycles. The number of carbonyl (C=O) groups is 2. The number of nitrogens with zero attached hydrogens (tertiary/aromatic N) is 2. The van der Waals surface area contributed by atoms with Gasteiger partial charge in [-0.2, -0.15) is 0 Å². The summed E-state index contributed by atoms with van der Waals surface area (Å²) < 4.78 is 0.678. The minimum atomic E-state index is -0.378. The number of halogens is 1. The maximum Gasteiger partial charge on any atom is 0.207 e. The quantitative estimate of drug-likeness (QED) is 0.643. The molecule has 1 heterocycles. The zero-order valence-corrected chi connectivity index (χ0v) is 10.9. The molecule has 5 heteroatoms. The van der Waals surface area contributed by atoms with E-state index in [0.29, 0.717) is 10.0 Å². The highest BCUT2D eigenvalue weighted by Crippen LogP contribution is 2.18. The van der Waals surface area contributed by atoms with Crippen molar-refractivity contribution in [3.63, 3.8) is 0 Å². The summed E-state index contributed by atoms with van der Waals surface area (Å²) in [5.74, 6) is -0.561. The van der Waals surface area contributed by atoms with Crippen LogP contribution < -0.4 is 0 Å². The third-order valence-electron chi connectivity index (χ3n) is 2.31. The predicted molar refractivity (Wildman–Crippen MR) is 69.5 cm³/mol. The van der Waals surface area contributed by atoms with Crippen molar-refractivity contribution in [2.45, 2.75) is 6.42 Å². The van der Waals surface area contributed by atoms with Crippen LogP contribution in [0.3, 0.4) is 0 Å². The molecule has 0 saturated carbocycles. The molecular weight excluding hydrogens is 296 g/mol. The average Bonchev–Trinajstić information content (AvgIpc) is 2.40. The molecule has 0 aliphatic carbocycles. The van der Waals surface area contributed by atoms with E-state index >= 15 is 0 Å². The van der Waals surface area contributed by atoms with Crippen LogP contribution in [-0.2, 0) is 0 Å². The summed E-state index contributed by atoms with van der Waals surface area (Å²) in [7, 11) is 0. The Morgan fingerprint density at radius 1 is 1.00 bits per heavy atom. The number of carbonyl (C=O) groups excluding carboxylic acids is 2. The number of benzene rings is 1. The van der Waals surface area contributed by atoms with E-state index in [4.69, 9.17) is 0 Å². The minimum Gasteiger partial charge on any atom is -0.294 e. The molecule has 0 atom stereocenters. The Morgan fingerprint density at radius 2 is 1.67 bits per heavy atom. The van der Waals surface area contributed by atoms with Crippen LogP contribution in [0.1, 0.15) is 27.4 Å². The molecular formula is C13H9BrN2O2. The van der Waals surface area contributed by atoms with Crippen molar-refractivity contribution in [1.82, 2.24) is 9.97 Å². The highest BCUT2D eigenvalue weighted by molar-refractivity contribution is 9.10. The van der Waals surface area contributed by atoms with Gasteiger partial charge in [-0.1, -0.05) is 34.1 Å². The molecule has 0 unspecified atom stereocenters. The fourth-order valence-corrected chi connectivity index (χ4v) is 1.96. The topological polar surface area (TPSA) is 59.9 Å². The molecule has 0 fully saturated rings. The first kappa shape index (κ1) is 12.6. The minimum absolute atomic E-state index is 0.0675. The highest BCUT2D eigenvalue weighted by Gasteiger charge is 2.17. The molecule has 0 N–H and O–H groups in total. The second kappa shape index (κ2) is 5.64. The Bertz CT molecular complexity index is 585. The second-order valence-corrected chi connectivity index (χ2v) is 4.43. The van der Waals surface area contributed by atoms with Crippen LogP contribution in [0.15, 0.2) is 47.2 Å². The van der Waals surface area contributed by atoms with E-state index in [1.807, 2.05) is 6.07 Å². The Labute approximate surface area is 112 Å². The van der Waals surface area contributed by atoms with Gasteiger partial charge >= 0.3 is 0 Å². The molecule has 0 amide bonds. The Kier molecular flexibility index (Phi) is 3.94. The van der Waals surface area contributed by atoms with Gasteiger partial charge in [-0.25, -0.2) is 9.97 Å². The van der Waals surface area contributed by atoms with E-state index in [9.17, 15) is 9.59 Å². The first-order valence-electron chi connectivity index (χ1n) is 5.26. The first-order chi connectivity index (χ1) is 8.68. The van der Waals surface area contributed by atoms with Gasteiger partial charge in [0.2, 0.25) is 5.78 Å². The molecule has 0 spiro atoms. The van der Waals surface area contributed by atoms with E-state index in [1.54, 1.807) is 24.3 Å².